The van der Waals surface area contributed by atoms with Crippen molar-refractivity contribution < 1.29 is 9.26 Å². The molecular weight excluding hydrogens is 210 g/mol. The molecule has 0 amide bonds. The number of nitriles is 1. The van der Waals surface area contributed by atoms with E-state index in [1.165, 1.54) is 6.20 Å². The Hall–Kier alpha value is -2.20. The van der Waals surface area contributed by atoms with Crippen molar-refractivity contribution >= 4 is 0 Å². The Morgan fingerprint density at radius 2 is 2.50 bits per heavy atom. The molecule has 0 radical (unpaired) electrons. The van der Waals surface area contributed by atoms with Crippen molar-refractivity contribution in [3.8, 4) is 17.5 Å². The lowest BCUT2D eigenvalue weighted by Gasteiger charge is -1.91. The summed E-state index contributed by atoms with van der Waals surface area (Å²) in [6, 6.07) is 1.95. The maximum Gasteiger partial charge on any atom is 0.262 e. The average molecular weight is 219 g/mol. The van der Waals surface area contributed by atoms with Crippen LogP contribution in [0.4, 0.5) is 0 Å². The molecule has 0 saturated carbocycles. The van der Waals surface area contributed by atoms with E-state index < -0.39 is 0 Å². The van der Waals surface area contributed by atoms with Gasteiger partial charge in [0, 0.05) is 6.61 Å². The van der Waals surface area contributed by atoms with Crippen LogP contribution >= 0.6 is 0 Å². The molecule has 2 aromatic rings. The molecule has 0 fully saturated rings. The smallest absolute Gasteiger partial charge is 0.262 e. The molecule has 7 heteroatoms. The molecule has 0 unspecified atom stereocenters. The fourth-order valence-corrected chi connectivity index (χ4v) is 1.15. The Morgan fingerprint density at radius 3 is 3.25 bits per heavy atom. The lowest BCUT2D eigenvalue weighted by atomic mass is 10.2. The van der Waals surface area contributed by atoms with Crippen molar-refractivity contribution in [1.82, 2.24) is 20.3 Å². The van der Waals surface area contributed by atoms with Crippen LogP contribution in [0.1, 0.15) is 18.4 Å². The number of nitrogens with one attached hydrogen (secondary N) is 1. The molecule has 82 valence electrons. The van der Waals surface area contributed by atoms with E-state index in [0.717, 1.165) is 0 Å². The highest BCUT2D eigenvalue weighted by Gasteiger charge is 2.14. The first kappa shape index (κ1) is 10.3. The van der Waals surface area contributed by atoms with Gasteiger partial charge >= 0.3 is 0 Å². The number of H-pyrrole nitrogens is 1. The third-order valence-electron chi connectivity index (χ3n) is 1.88. The average Bonchev–Trinajstić information content (AvgIpc) is 2.94. The van der Waals surface area contributed by atoms with Crippen molar-refractivity contribution in [1.29, 1.82) is 5.26 Å². The summed E-state index contributed by atoms with van der Waals surface area (Å²) in [5, 5.41) is 18.8. The summed E-state index contributed by atoms with van der Waals surface area (Å²) in [4.78, 5) is 4.08. The van der Waals surface area contributed by atoms with Gasteiger partial charge in [-0.1, -0.05) is 5.16 Å². The van der Waals surface area contributed by atoms with Crippen LogP contribution in [0.2, 0.25) is 0 Å². The zero-order chi connectivity index (χ0) is 11.4. The van der Waals surface area contributed by atoms with Crippen LogP contribution in [0.3, 0.4) is 0 Å². The van der Waals surface area contributed by atoms with Gasteiger partial charge in [0.15, 0.2) is 5.82 Å². The molecular formula is C9H9N5O2. The van der Waals surface area contributed by atoms with Gasteiger partial charge in [-0.15, -0.1) is 0 Å². The van der Waals surface area contributed by atoms with Crippen LogP contribution in [0.25, 0.3) is 11.5 Å². The Labute approximate surface area is 91.0 Å². The summed E-state index contributed by atoms with van der Waals surface area (Å²) < 4.78 is 10.1. The second-order valence-corrected chi connectivity index (χ2v) is 2.92. The molecule has 0 atom stereocenters. The minimum atomic E-state index is 0.264. The number of hydrogen-bond acceptors (Lipinski definition) is 6. The molecule has 16 heavy (non-hydrogen) atoms. The zero-order valence-electron chi connectivity index (χ0n) is 8.60. The standard InChI is InChI=1S/C9H9N5O2/c1-2-15-5-8-12-9(16-14-8)6-4-11-13-7(6)3-10/h4H,2,5H2,1H3,(H,11,13). The predicted molar refractivity (Wildman–Crippen MR) is 51.9 cm³/mol. The molecule has 2 rings (SSSR count). The molecule has 0 saturated heterocycles. The van der Waals surface area contributed by atoms with Crippen molar-refractivity contribution in [2.45, 2.75) is 13.5 Å². The quantitative estimate of drug-likeness (QED) is 0.818. The summed E-state index contributed by atoms with van der Waals surface area (Å²) >= 11 is 0. The maximum absolute atomic E-state index is 8.78. The maximum atomic E-state index is 8.78. The fourth-order valence-electron chi connectivity index (χ4n) is 1.15. The second-order valence-electron chi connectivity index (χ2n) is 2.92. The predicted octanol–water partition coefficient (Wildman–Crippen LogP) is 0.868. The van der Waals surface area contributed by atoms with Crippen LogP contribution in [0.5, 0.6) is 0 Å². The van der Waals surface area contributed by atoms with Crippen molar-refractivity contribution in [3.05, 3.63) is 17.7 Å². The third-order valence-corrected chi connectivity index (χ3v) is 1.88. The van der Waals surface area contributed by atoms with Gasteiger partial charge in [-0.25, -0.2) is 0 Å². The summed E-state index contributed by atoms with van der Waals surface area (Å²) in [6.45, 7) is 2.75. The first-order valence-electron chi connectivity index (χ1n) is 4.69. The van der Waals surface area contributed by atoms with Crippen LogP contribution in [-0.2, 0) is 11.3 Å². The number of rotatable bonds is 4. The van der Waals surface area contributed by atoms with Crippen LogP contribution in [0.15, 0.2) is 10.7 Å². The highest BCUT2D eigenvalue weighted by Crippen LogP contribution is 2.19. The van der Waals surface area contributed by atoms with Crippen molar-refractivity contribution in [2.24, 2.45) is 0 Å². The van der Waals surface area contributed by atoms with E-state index in [1.54, 1.807) is 0 Å². The Kier molecular flexibility index (Phi) is 2.93. The van der Waals surface area contributed by atoms with Gasteiger partial charge in [0.1, 0.15) is 18.4 Å². The fraction of sp³-hybridized carbons (Fsp3) is 0.333. The molecule has 1 N–H and O–H groups in total. The topological polar surface area (TPSA) is 101 Å². The normalized spacial score (nSPS) is 10.2. The number of nitrogens with zero attached hydrogens (tertiary/aromatic N) is 4. The number of hydrogen-bond donors (Lipinski definition) is 1. The minimum absolute atomic E-state index is 0.264. The van der Waals surface area contributed by atoms with Crippen LogP contribution in [-0.4, -0.2) is 26.9 Å². The minimum Gasteiger partial charge on any atom is -0.374 e. The summed E-state index contributed by atoms with van der Waals surface area (Å²) in [5.41, 5.74) is 0.796. The highest BCUT2D eigenvalue weighted by molar-refractivity contribution is 5.58. The number of aromatic amines is 1. The molecule has 0 aliphatic heterocycles. The van der Waals surface area contributed by atoms with Crippen LogP contribution < -0.4 is 0 Å². The van der Waals surface area contributed by atoms with E-state index in [1.807, 2.05) is 13.0 Å². The Morgan fingerprint density at radius 1 is 1.62 bits per heavy atom. The molecule has 0 aromatic carbocycles. The van der Waals surface area contributed by atoms with Gasteiger partial charge in [-0.05, 0) is 6.92 Å². The van der Waals surface area contributed by atoms with Crippen LogP contribution in [0, 0.1) is 11.3 Å². The molecule has 0 spiro atoms. The Bertz CT molecular complexity index is 510. The SMILES string of the molecule is CCOCc1noc(-c2cn[nH]c2C#N)n1. The van der Waals surface area contributed by atoms with E-state index in [-0.39, 0.29) is 5.89 Å². The van der Waals surface area contributed by atoms with Gasteiger partial charge < -0.3 is 9.26 Å². The van der Waals surface area contributed by atoms with E-state index in [2.05, 4.69) is 20.3 Å². The molecule has 0 bridgehead atoms. The van der Waals surface area contributed by atoms with Gasteiger partial charge in [0.2, 0.25) is 0 Å². The monoisotopic (exact) mass is 219 g/mol. The second kappa shape index (κ2) is 4.55. The van der Waals surface area contributed by atoms with Crippen molar-refractivity contribution in [3.63, 3.8) is 0 Å². The zero-order valence-corrected chi connectivity index (χ0v) is 8.60. The first-order chi connectivity index (χ1) is 7.85. The summed E-state index contributed by atoms with van der Waals surface area (Å²) in [5.74, 6) is 0.710. The first-order valence-corrected chi connectivity index (χ1v) is 4.69. The molecule has 7 nitrogen and oxygen atoms in total. The van der Waals surface area contributed by atoms with E-state index in [4.69, 9.17) is 14.5 Å². The summed E-state index contributed by atoms with van der Waals surface area (Å²) in [6.07, 6.45) is 1.47. The Balaban J connectivity index is 2.22. The van der Waals surface area contributed by atoms with Gasteiger partial charge in [0.05, 0.1) is 11.8 Å². The lowest BCUT2D eigenvalue weighted by Crippen LogP contribution is -1.93. The largest absolute Gasteiger partial charge is 0.374 e. The highest BCUT2D eigenvalue weighted by atomic mass is 16.5. The van der Waals surface area contributed by atoms with E-state index >= 15 is 0 Å². The number of ether oxygens (including phenoxy) is 1. The van der Waals surface area contributed by atoms with Gasteiger partial charge in [-0.3, -0.25) is 5.10 Å². The van der Waals surface area contributed by atoms with E-state index in [0.29, 0.717) is 30.3 Å². The third kappa shape index (κ3) is 1.92. The van der Waals surface area contributed by atoms with Gasteiger partial charge in [0.25, 0.3) is 5.89 Å². The summed E-state index contributed by atoms with van der Waals surface area (Å²) in [7, 11) is 0. The molecule has 2 aromatic heterocycles. The van der Waals surface area contributed by atoms with Gasteiger partial charge in [-0.2, -0.15) is 15.3 Å². The molecule has 2 heterocycles. The molecule has 0 aliphatic rings. The van der Waals surface area contributed by atoms with E-state index in [9.17, 15) is 0 Å². The lowest BCUT2D eigenvalue weighted by molar-refractivity contribution is 0.126. The van der Waals surface area contributed by atoms with Crippen molar-refractivity contribution in [2.75, 3.05) is 6.61 Å². The number of aromatic nitrogens is 4. The molecule has 0 aliphatic carbocycles.